The SMILES string of the molecule is CCC(CCN)CCCN(C)C(C)C1CC1. The van der Waals surface area contributed by atoms with E-state index in [1.165, 1.54) is 45.1 Å². The summed E-state index contributed by atoms with van der Waals surface area (Å²) in [7, 11) is 2.28. The zero-order chi connectivity index (χ0) is 12.0. The van der Waals surface area contributed by atoms with Crippen LogP contribution in [0.5, 0.6) is 0 Å². The van der Waals surface area contributed by atoms with Crippen molar-refractivity contribution in [1.29, 1.82) is 0 Å². The molecule has 1 aliphatic carbocycles. The Balaban J connectivity index is 2.08. The molecule has 1 fully saturated rings. The Hall–Kier alpha value is -0.0800. The maximum Gasteiger partial charge on any atom is 0.00921 e. The molecule has 0 aliphatic heterocycles. The first kappa shape index (κ1) is 14.0. The molecule has 1 rings (SSSR count). The third-order valence-corrected chi connectivity index (χ3v) is 4.27. The summed E-state index contributed by atoms with van der Waals surface area (Å²) in [6.45, 7) is 6.79. The monoisotopic (exact) mass is 226 g/mol. The predicted molar refractivity (Wildman–Crippen MR) is 71.5 cm³/mol. The van der Waals surface area contributed by atoms with Crippen LogP contribution in [-0.2, 0) is 0 Å². The Morgan fingerprint density at radius 2 is 2.00 bits per heavy atom. The number of rotatable bonds is 9. The fourth-order valence-electron chi connectivity index (χ4n) is 2.56. The largest absolute Gasteiger partial charge is 0.330 e. The molecule has 2 unspecified atom stereocenters. The summed E-state index contributed by atoms with van der Waals surface area (Å²) in [5, 5.41) is 0. The fourth-order valence-corrected chi connectivity index (χ4v) is 2.56. The third-order valence-electron chi connectivity index (χ3n) is 4.27. The van der Waals surface area contributed by atoms with Crippen LogP contribution in [0, 0.1) is 11.8 Å². The van der Waals surface area contributed by atoms with Crippen LogP contribution in [0.3, 0.4) is 0 Å². The average Bonchev–Trinajstić information content (AvgIpc) is 3.10. The minimum absolute atomic E-state index is 0.801. The normalized spacial score (nSPS) is 20.1. The highest BCUT2D eigenvalue weighted by molar-refractivity contribution is 4.84. The number of hydrogen-bond acceptors (Lipinski definition) is 2. The second-order valence-corrected chi connectivity index (χ2v) is 5.55. The standard InChI is InChI=1S/C14H30N2/c1-4-13(9-10-15)6-5-11-16(3)12(2)14-7-8-14/h12-14H,4-11,15H2,1-3H3. The van der Waals surface area contributed by atoms with Crippen LogP contribution >= 0.6 is 0 Å². The predicted octanol–water partition coefficient (Wildman–Crippen LogP) is 2.87. The summed E-state index contributed by atoms with van der Waals surface area (Å²) in [6.07, 6.45) is 8.10. The van der Waals surface area contributed by atoms with E-state index in [-0.39, 0.29) is 0 Å². The molecule has 2 nitrogen and oxygen atoms in total. The molecule has 0 spiro atoms. The van der Waals surface area contributed by atoms with Gasteiger partial charge < -0.3 is 10.6 Å². The Kier molecular flexibility index (Phi) is 6.37. The summed E-state index contributed by atoms with van der Waals surface area (Å²) in [5.74, 6) is 1.85. The Morgan fingerprint density at radius 1 is 1.31 bits per heavy atom. The molecule has 1 saturated carbocycles. The second-order valence-electron chi connectivity index (χ2n) is 5.55. The first-order valence-corrected chi connectivity index (χ1v) is 7.09. The lowest BCUT2D eigenvalue weighted by molar-refractivity contribution is 0.223. The van der Waals surface area contributed by atoms with Gasteiger partial charge in [0.15, 0.2) is 0 Å². The van der Waals surface area contributed by atoms with E-state index in [1.54, 1.807) is 0 Å². The van der Waals surface area contributed by atoms with E-state index in [9.17, 15) is 0 Å². The van der Waals surface area contributed by atoms with Crippen LogP contribution < -0.4 is 5.73 Å². The zero-order valence-corrected chi connectivity index (χ0v) is 11.4. The average molecular weight is 226 g/mol. The summed E-state index contributed by atoms with van der Waals surface area (Å²) >= 11 is 0. The minimum atomic E-state index is 0.801. The zero-order valence-electron chi connectivity index (χ0n) is 11.4. The molecule has 0 aromatic heterocycles. The van der Waals surface area contributed by atoms with Gasteiger partial charge in [0, 0.05) is 6.04 Å². The van der Waals surface area contributed by atoms with E-state index in [0.717, 1.165) is 24.4 Å². The van der Waals surface area contributed by atoms with Gasteiger partial charge in [0.2, 0.25) is 0 Å². The highest BCUT2D eigenvalue weighted by atomic mass is 15.1. The molecule has 96 valence electrons. The molecule has 0 heterocycles. The van der Waals surface area contributed by atoms with E-state index < -0.39 is 0 Å². The molecule has 0 saturated heterocycles. The van der Waals surface area contributed by atoms with Crippen molar-refractivity contribution in [3.8, 4) is 0 Å². The van der Waals surface area contributed by atoms with Gasteiger partial charge in [-0.2, -0.15) is 0 Å². The van der Waals surface area contributed by atoms with Crippen LogP contribution in [0.15, 0.2) is 0 Å². The van der Waals surface area contributed by atoms with Gasteiger partial charge in [-0.15, -0.1) is 0 Å². The molecule has 0 amide bonds. The molecule has 1 aliphatic rings. The van der Waals surface area contributed by atoms with E-state index in [2.05, 4.69) is 25.8 Å². The van der Waals surface area contributed by atoms with Crippen molar-refractivity contribution < 1.29 is 0 Å². The summed E-state index contributed by atoms with van der Waals surface area (Å²) in [5.41, 5.74) is 5.62. The summed E-state index contributed by atoms with van der Waals surface area (Å²) in [4.78, 5) is 2.55. The van der Waals surface area contributed by atoms with Crippen molar-refractivity contribution >= 4 is 0 Å². The van der Waals surface area contributed by atoms with Crippen LogP contribution in [0.2, 0.25) is 0 Å². The molecule has 0 aromatic carbocycles. The Morgan fingerprint density at radius 3 is 2.50 bits per heavy atom. The van der Waals surface area contributed by atoms with E-state index >= 15 is 0 Å². The van der Waals surface area contributed by atoms with Crippen LogP contribution in [-0.4, -0.2) is 31.1 Å². The molecular formula is C14H30N2. The lowest BCUT2D eigenvalue weighted by Crippen LogP contribution is -2.31. The number of nitrogens with two attached hydrogens (primary N) is 1. The number of hydrogen-bond donors (Lipinski definition) is 1. The van der Waals surface area contributed by atoms with Crippen molar-refractivity contribution in [3.05, 3.63) is 0 Å². The lowest BCUT2D eigenvalue weighted by atomic mass is 9.96. The van der Waals surface area contributed by atoms with Crippen molar-refractivity contribution in [3.63, 3.8) is 0 Å². The quantitative estimate of drug-likeness (QED) is 0.655. The van der Waals surface area contributed by atoms with Gasteiger partial charge in [0.05, 0.1) is 0 Å². The topological polar surface area (TPSA) is 29.3 Å². The highest BCUT2D eigenvalue weighted by Gasteiger charge is 2.30. The van der Waals surface area contributed by atoms with E-state index in [0.29, 0.717) is 0 Å². The minimum Gasteiger partial charge on any atom is -0.330 e. The van der Waals surface area contributed by atoms with Gasteiger partial charge in [0.25, 0.3) is 0 Å². The second kappa shape index (κ2) is 7.29. The molecule has 2 N–H and O–H groups in total. The van der Waals surface area contributed by atoms with Crippen LogP contribution in [0.4, 0.5) is 0 Å². The third kappa shape index (κ3) is 4.84. The molecule has 0 bridgehead atoms. The van der Waals surface area contributed by atoms with Crippen molar-refractivity contribution in [2.45, 2.75) is 58.4 Å². The summed E-state index contributed by atoms with van der Waals surface area (Å²) < 4.78 is 0. The fraction of sp³-hybridized carbons (Fsp3) is 1.00. The van der Waals surface area contributed by atoms with Gasteiger partial charge in [-0.1, -0.05) is 13.3 Å². The molecular weight excluding hydrogens is 196 g/mol. The maximum atomic E-state index is 5.62. The van der Waals surface area contributed by atoms with Crippen molar-refractivity contribution in [2.75, 3.05) is 20.1 Å². The summed E-state index contributed by atoms with van der Waals surface area (Å²) in [6, 6.07) is 0.801. The van der Waals surface area contributed by atoms with Crippen molar-refractivity contribution in [1.82, 2.24) is 4.90 Å². The Bertz CT molecular complexity index is 178. The molecule has 0 aromatic rings. The first-order chi connectivity index (χ1) is 7.69. The molecule has 2 heteroatoms. The van der Waals surface area contributed by atoms with Gasteiger partial charge in [-0.05, 0) is 71.0 Å². The van der Waals surface area contributed by atoms with E-state index in [4.69, 9.17) is 5.73 Å². The van der Waals surface area contributed by atoms with Gasteiger partial charge in [-0.3, -0.25) is 0 Å². The highest BCUT2D eigenvalue weighted by Crippen LogP contribution is 2.34. The van der Waals surface area contributed by atoms with Gasteiger partial charge in [0.1, 0.15) is 0 Å². The Labute approximate surface area is 102 Å². The first-order valence-electron chi connectivity index (χ1n) is 7.09. The lowest BCUT2D eigenvalue weighted by Gasteiger charge is -2.25. The van der Waals surface area contributed by atoms with Crippen LogP contribution in [0.25, 0.3) is 0 Å². The van der Waals surface area contributed by atoms with Crippen LogP contribution in [0.1, 0.15) is 52.4 Å². The van der Waals surface area contributed by atoms with Gasteiger partial charge >= 0.3 is 0 Å². The molecule has 16 heavy (non-hydrogen) atoms. The molecule has 2 atom stereocenters. The number of nitrogens with zero attached hydrogens (tertiary/aromatic N) is 1. The maximum absolute atomic E-state index is 5.62. The van der Waals surface area contributed by atoms with Crippen molar-refractivity contribution in [2.24, 2.45) is 17.6 Å². The smallest absolute Gasteiger partial charge is 0.00921 e. The van der Waals surface area contributed by atoms with E-state index in [1.807, 2.05) is 0 Å². The molecule has 0 radical (unpaired) electrons. The van der Waals surface area contributed by atoms with Gasteiger partial charge in [-0.25, -0.2) is 0 Å².